The Labute approximate surface area is 126 Å². The molecule has 0 aliphatic heterocycles. The lowest BCUT2D eigenvalue weighted by Gasteiger charge is -2.21. The number of aryl methyl sites for hydroxylation is 1. The molecular formula is C17H21ClN2. The van der Waals surface area contributed by atoms with Crippen LogP contribution in [0.15, 0.2) is 42.7 Å². The molecule has 1 atom stereocenters. The molecule has 0 bridgehead atoms. The van der Waals surface area contributed by atoms with Crippen LogP contribution in [-0.2, 0) is 6.42 Å². The fraction of sp³-hybridized carbons (Fsp3) is 0.353. The number of benzene rings is 1. The third kappa shape index (κ3) is 3.81. The minimum Gasteiger partial charge on any atom is -0.310 e. The molecule has 2 rings (SSSR count). The van der Waals surface area contributed by atoms with Gasteiger partial charge in [-0.2, -0.15) is 0 Å². The van der Waals surface area contributed by atoms with Gasteiger partial charge in [0, 0.05) is 18.4 Å². The van der Waals surface area contributed by atoms with E-state index in [1.165, 1.54) is 11.1 Å². The lowest BCUT2D eigenvalue weighted by Crippen LogP contribution is -2.24. The fourth-order valence-electron chi connectivity index (χ4n) is 2.34. The highest BCUT2D eigenvalue weighted by Crippen LogP contribution is 2.25. The summed E-state index contributed by atoms with van der Waals surface area (Å²) in [5.74, 6) is 0. The standard InChI is InChI=1S/C17H21ClN2/c1-3-9-20-17(15-8-10-19-12-16(15)18)11-14-7-5-4-6-13(14)2/h4-8,10,12,17,20H,3,9,11H2,1-2H3. The molecule has 20 heavy (non-hydrogen) atoms. The van der Waals surface area contributed by atoms with Crippen LogP contribution < -0.4 is 5.32 Å². The molecule has 0 radical (unpaired) electrons. The van der Waals surface area contributed by atoms with Crippen molar-refractivity contribution in [2.45, 2.75) is 32.7 Å². The summed E-state index contributed by atoms with van der Waals surface area (Å²) in [4.78, 5) is 4.07. The van der Waals surface area contributed by atoms with Crippen molar-refractivity contribution in [3.05, 3.63) is 64.4 Å². The van der Waals surface area contributed by atoms with Crippen molar-refractivity contribution in [3.8, 4) is 0 Å². The lowest BCUT2D eigenvalue weighted by molar-refractivity contribution is 0.528. The lowest BCUT2D eigenvalue weighted by atomic mass is 9.96. The second kappa shape index (κ2) is 7.41. The molecule has 1 aromatic heterocycles. The van der Waals surface area contributed by atoms with Crippen LogP contribution in [0.4, 0.5) is 0 Å². The fourth-order valence-corrected chi connectivity index (χ4v) is 2.59. The summed E-state index contributed by atoms with van der Waals surface area (Å²) in [5.41, 5.74) is 3.80. The number of nitrogens with zero attached hydrogens (tertiary/aromatic N) is 1. The first-order valence-electron chi connectivity index (χ1n) is 7.09. The second-order valence-corrected chi connectivity index (χ2v) is 5.44. The van der Waals surface area contributed by atoms with E-state index >= 15 is 0 Å². The highest BCUT2D eigenvalue weighted by Gasteiger charge is 2.15. The summed E-state index contributed by atoms with van der Waals surface area (Å²) in [7, 11) is 0. The van der Waals surface area contributed by atoms with Gasteiger partial charge in [-0.15, -0.1) is 0 Å². The summed E-state index contributed by atoms with van der Waals surface area (Å²) >= 11 is 6.30. The molecule has 2 aromatic rings. The van der Waals surface area contributed by atoms with Gasteiger partial charge in [-0.05, 0) is 49.1 Å². The van der Waals surface area contributed by atoms with Crippen molar-refractivity contribution in [2.75, 3.05) is 6.54 Å². The number of nitrogens with one attached hydrogen (secondary N) is 1. The Kier molecular flexibility index (Phi) is 5.57. The highest BCUT2D eigenvalue weighted by atomic mass is 35.5. The highest BCUT2D eigenvalue weighted by molar-refractivity contribution is 6.31. The number of rotatable bonds is 6. The number of halogens is 1. The van der Waals surface area contributed by atoms with Crippen LogP contribution in [0.2, 0.25) is 5.02 Å². The first-order chi connectivity index (χ1) is 9.72. The Morgan fingerprint density at radius 2 is 2.05 bits per heavy atom. The van der Waals surface area contributed by atoms with Crippen molar-refractivity contribution in [2.24, 2.45) is 0 Å². The molecule has 106 valence electrons. The minimum atomic E-state index is 0.228. The van der Waals surface area contributed by atoms with E-state index in [-0.39, 0.29) is 6.04 Å². The molecule has 0 amide bonds. The smallest absolute Gasteiger partial charge is 0.0637 e. The van der Waals surface area contributed by atoms with Gasteiger partial charge >= 0.3 is 0 Å². The minimum absolute atomic E-state index is 0.228. The molecule has 2 nitrogen and oxygen atoms in total. The zero-order valence-electron chi connectivity index (χ0n) is 12.1. The number of hydrogen-bond acceptors (Lipinski definition) is 2. The van der Waals surface area contributed by atoms with E-state index in [0.29, 0.717) is 0 Å². The molecule has 1 N–H and O–H groups in total. The average molecular weight is 289 g/mol. The summed E-state index contributed by atoms with van der Waals surface area (Å²) in [6.45, 7) is 5.31. The SMILES string of the molecule is CCCNC(Cc1ccccc1C)c1ccncc1Cl. The van der Waals surface area contributed by atoms with E-state index in [9.17, 15) is 0 Å². The van der Waals surface area contributed by atoms with Crippen molar-refractivity contribution < 1.29 is 0 Å². The molecule has 1 aromatic carbocycles. The predicted molar refractivity (Wildman–Crippen MR) is 85.2 cm³/mol. The molecule has 1 heterocycles. The number of aromatic nitrogens is 1. The van der Waals surface area contributed by atoms with Crippen molar-refractivity contribution in [3.63, 3.8) is 0 Å². The Morgan fingerprint density at radius 3 is 2.75 bits per heavy atom. The molecule has 0 aliphatic rings. The van der Waals surface area contributed by atoms with Crippen LogP contribution in [0, 0.1) is 6.92 Å². The maximum absolute atomic E-state index is 6.30. The topological polar surface area (TPSA) is 24.9 Å². The predicted octanol–water partition coefficient (Wildman–Crippen LogP) is 4.33. The molecule has 0 saturated carbocycles. The van der Waals surface area contributed by atoms with Gasteiger partial charge in [0.1, 0.15) is 0 Å². The zero-order valence-corrected chi connectivity index (χ0v) is 12.8. The van der Waals surface area contributed by atoms with Crippen LogP contribution in [-0.4, -0.2) is 11.5 Å². The van der Waals surface area contributed by atoms with Crippen molar-refractivity contribution in [1.82, 2.24) is 10.3 Å². The quantitative estimate of drug-likeness (QED) is 0.856. The molecule has 0 fully saturated rings. The third-order valence-electron chi connectivity index (χ3n) is 3.51. The van der Waals surface area contributed by atoms with Gasteiger partial charge in [0.25, 0.3) is 0 Å². The Hall–Kier alpha value is -1.38. The van der Waals surface area contributed by atoms with E-state index in [0.717, 1.165) is 30.0 Å². The zero-order chi connectivity index (χ0) is 14.4. The van der Waals surface area contributed by atoms with E-state index in [1.54, 1.807) is 12.4 Å². The van der Waals surface area contributed by atoms with Crippen LogP contribution in [0.3, 0.4) is 0 Å². The van der Waals surface area contributed by atoms with E-state index in [1.807, 2.05) is 6.07 Å². The molecule has 0 spiro atoms. The third-order valence-corrected chi connectivity index (χ3v) is 3.82. The van der Waals surface area contributed by atoms with Crippen LogP contribution in [0.25, 0.3) is 0 Å². The largest absolute Gasteiger partial charge is 0.310 e. The maximum Gasteiger partial charge on any atom is 0.0637 e. The Morgan fingerprint density at radius 1 is 1.25 bits per heavy atom. The van der Waals surface area contributed by atoms with Gasteiger partial charge in [0.2, 0.25) is 0 Å². The van der Waals surface area contributed by atoms with Gasteiger partial charge < -0.3 is 5.32 Å². The number of pyridine rings is 1. The van der Waals surface area contributed by atoms with Crippen LogP contribution in [0.1, 0.15) is 36.1 Å². The average Bonchev–Trinajstić information content (AvgIpc) is 2.46. The van der Waals surface area contributed by atoms with Gasteiger partial charge in [0.15, 0.2) is 0 Å². The Balaban J connectivity index is 2.24. The van der Waals surface area contributed by atoms with E-state index < -0.39 is 0 Å². The first-order valence-corrected chi connectivity index (χ1v) is 7.47. The summed E-state index contributed by atoms with van der Waals surface area (Å²) in [5, 5.41) is 4.32. The van der Waals surface area contributed by atoms with Gasteiger partial charge in [0.05, 0.1) is 5.02 Å². The number of hydrogen-bond donors (Lipinski definition) is 1. The van der Waals surface area contributed by atoms with Crippen molar-refractivity contribution in [1.29, 1.82) is 0 Å². The summed E-state index contributed by atoms with van der Waals surface area (Å²) in [6, 6.07) is 10.7. The second-order valence-electron chi connectivity index (χ2n) is 5.03. The van der Waals surface area contributed by atoms with Crippen LogP contribution >= 0.6 is 11.6 Å². The molecule has 0 aliphatic carbocycles. The van der Waals surface area contributed by atoms with Crippen molar-refractivity contribution >= 4 is 11.6 Å². The van der Waals surface area contributed by atoms with E-state index in [2.05, 4.69) is 48.4 Å². The van der Waals surface area contributed by atoms with Gasteiger partial charge in [-0.3, -0.25) is 4.98 Å². The maximum atomic E-state index is 6.30. The molecule has 1 unspecified atom stereocenters. The first kappa shape index (κ1) is 15.0. The monoisotopic (exact) mass is 288 g/mol. The van der Waals surface area contributed by atoms with Crippen LogP contribution in [0.5, 0.6) is 0 Å². The normalized spacial score (nSPS) is 12.3. The van der Waals surface area contributed by atoms with Gasteiger partial charge in [-0.1, -0.05) is 42.8 Å². The summed E-state index contributed by atoms with van der Waals surface area (Å²) in [6.07, 6.45) is 5.57. The molecule has 3 heteroatoms. The summed E-state index contributed by atoms with van der Waals surface area (Å²) < 4.78 is 0. The van der Waals surface area contributed by atoms with E-state index in [4.69, 9.17) is 11.6 Å². The Bertz CT molecular complexity index is 554. The van der Waals surface area contributed by atoms with Gasteiger partial charge in [-0.25, -0.2) is 0 Å². The molecular weight excluding hydrogens is 268 g/mol. The molecule has 0 saturated heterocycles.